The maximum absolute atomic E-state index is 3.65. The second-order valence-electron chi connectivity index (χ2n) is 14.4. The van der Waals surface area contributed by atoms with Crippen molar-refractivity contribution in [2.75, 3.05) is 10.2 Å². The van der Waals surface area contributed by atoms with Crippen molar-refractivity contribution < 1.29 is 0 Å². The lowest BCUT2D eigenvalue weighted by Crippen LogP contribution is -2.23. The first-order chi connectivity index (χ1) is 26.2. The number of benzene rings is 9. The highest BCUT2D eigenvalue weighted by atomic mass is 15.1. The molecule has 0 fully saturated rings. The van der Waals surface area contributed by atoms with Gasteiger partial charge in [-0.3, -0.25) is 0 Å². The van der Waals surface area contributed by atoms with Crippen molar-refractivity contribution in [1.82, 2.24) is 0 Å². The molecule has 0 bridgehead atoms. The van der Waals surface area contributed by atoms with Crippen LogP contribution in [0, 0.1) is 0 Å². The molecule has 0 amide bonds. The van der Waals surface area contributed by atoms with Crippen LogP contribution in [-0.2, 0) is 5.41 Å². The Balaban J connectivity index is 1.13. The predicted molar refractivity (Wildman–Crippen MR) is 227 cm³/mol. The SMILES string of the molecule is CCC1(CC)c2cc(Nc3ccccc3)ccc2-c2ccc(-c3ccc4ccc5c(N(c6ccccc6)c6ccccc6)ccc6ccc3c4c65)cc21. The highest BCUT2D eigenvalue weighted by Gasteiger charge is 2.41. The standard InChI is InChI=1S/C51H40N2/c1-3-51(4-2)46-32-36(23-27-42(46)43-30-25-38(33-47(43)51)52-37-14-8-5-9-15-37)41-26-20-34-22-29-45-48(31-24-35-21-28-44(41)49(34)50(35)45)53(39-16-10-6-11-17-39)40-18-12-7-13-19-40/h5-33,52H,3-4H2,1-2H3. The van der Waals surface area contributed by atoms with E-state index in [0.29, 0.717) is 0 Å². The van der Waals surface area contributed by atoms with E-state index in [1.54, 1.807) is 0 Å². The molecule has 0 aromatic heterocycles. The number of hydrogen-bond acceptors (Lipinski definition) is 2. The molecule has 0 saturated carbocycles. The van der Waals surface area contributed by atoms with Gasteiger partial charge in [-0.25, -0.2) is 0 Å². The van der Waals surface area contributed by atoms with Gasteiger partial charge in [0.25, 0.3) is 0 Å². The van der Waals surface area contributed by atoms with Crippen LogP contribution in [0.1, 0.15) is 37.8 Å². The molecular formula is C51H40N2. The summed E-state index contributed by atoms with van der Waals surface area (Å²) in [5, 5.41) is 11.4. The smallest absolute Gasteiger partial charge is 0.0540 e. The highest BCUT2D eigenvalue weighted by Crippen LogP contribution is 2.55. The molecule has 2 heteroatoms. The summed E-state index contributed by atoms with van der Waals surface area (Å²) < 4.78 is 0. The second-order valence-corrected chi connectivity index (χ2v) is 14.4. The monoisotopic (exact) mass is 680 g/mol. The maximum atomic E-state index is 3.65. The zero-order valence-electron chi connectivity index (χ0n) is 30.1. The molecule has 0 spiro atoms. The second kappa shape index (κ2) is 12.4. The minimum Gasteiger partial charge on any atom is -0.356 e. The van der Waals surface area contributed by atoms with Crippen molar-refractivity contribution in [2.24, 2.45) is 0 Å². The van der Waals surface area contributed by atoms with E-state index in [2.05, 4.69) is 200 Å². The van der Waals surface area contributed by atoms with Crippen LogP contribution in [0.5, 0.6) is 0 Å². The molecule has 254 valence electrons. The molecule has 0 radical (unpaired) electrons. The van der Waals surface area contributed by atoms with Crippen molar-refractivity contribution in [3.63, 3.8) is 0 Å². The molecule has 1 N–H and O–H groups in total. The third kappa shape index (κ3) is 4.86. The summed E-state index contributed by atoms with van der Waals surface area (Å²) in [5.74, 6) is 0. The summed E-state index contributed by atoms with van der Waals surface area (Å²) >= 11 is 0. The molecule has 0 saturated heterocycles. The molecule has 1 aliphatic rings. The normalized spacial score (nSPS) is 13.0. The number of fused-ring (bicyclic) bond motifs is 3. The van der Waals surface area contributed by atoms with E-state index in [4.69, 9.17) is 0 Å². The van der Waals surface area contributed by atoms with Crippen LogP contribution in [0.2, 0.25) is 0 Å². The fraction of sp³-hybridized carbons (Fsp3) is 0.0980. The van der Waals surface area contributed by atoms with Gasteiger partial charge in [-0.1, -0.05) is 129 Å². The van der Waals surface area contributed by atoms with Gasteiger partial charge in [-0.2, -0.15) is 0 Å². The number of nitrogens with zero attached hydrogens (tertiary/aromatic N) is 1. The van der Waals surface area contributed by atoms with E-state index >= 15 is 0 Å². The molecule has 0 unspecified atom stereocenters. The number of para-hydroxylation sites is 3. The molecule has 0 heterocycles. The Hall–Kier alpha value is -6.38. The minimum atomic E-state index is -0.0495. The Kier molecular flexibility index (Phi) is 7.33. The third-order valence-electron chi connectivity index (χ3n) is 11.9. The Bertz CT molecular complexity index is 2720. The molecule has 9 aromatic rings. The summed E-state index contributed by atoms with van der Waals surface area (Å²) in [6.45, 7) is 4.71. The summed E-state index contributed by atoms with van der Waals surface area (Å²) in [7, 11) is 0. The van der Waals surface area contributed by atoms with Crippen LogP contribution < -0.4 is 10.2 Å². The summed E-state index contributed by atoms with van der Waals surface area (Å²) in [6.07, 6.45) is 2.09. The lowest BCUT2D eigenvalue weighted by molar-refractivity contribution is 0.491. The summed E-state index contributed by atoms with van der Waals surface area (Å²) in [4.78, 5) is 2.39. The van der Waals surface area contributed by atoms with Gasteiger partial charge >= 0.3 is 0 Å². The predicted octanol–water partition coefficient (Wildman–Crippen LogP) is 14.6. The van der Waals surface area contributed by atoms with E-state index in [-0.39, 0.29) is 5.41 Å². The number of nitrogens with one attached hydrogen (secondary N) is 1. The Morgan fingerprint density at radius 3 is 1.64 bits per heavy atom. The molecule has 2 nitrogen and oxygen atoms in total. The summed E-state index contributed by atoms with van der Waals surface area (Å²) in [5.41, 5.74) is 13.8. The van der Waals surface area contributed by atoms with Crippen LogP contribution in [0.3, 0.4) is 0 Å². The van der Waals surface area contributed by atoms with Gasteiger partial charge in [0.1, 0.15) is 0 Å². The van der Waals surface area contributed by atoms with Crippen molar-refractivity contribution in [3.8, 4) is 22.3 Å². The van der Waals surface area contributed by atoms with Crippen LogP contribution >= 0.6 is 0 Å². The molecule has 9 aromatic carbocycles. The Labute approximate surface area is 311 Å². The molecule has 10 rings (SSSR count). The van der Waals surface area contributed by atoms with Crippen LogP contribution in [0.25, 0.3) is 54.6 Å². The lowest BCUT2D eigenvalue weighted by Gasteiger charge is -2.30. The number of anilines is 5. The van der Waals surface area contributed by atoms with E-state index in [9.17, 15) is 0 Å². The fourth-order valence-corrected chi connectivity index (χ4v) is 9.25. The molecule has 53 heavy (non-hydrogen) atoms. The van der Waals surface area contributed by atoms with Crippen LogP contribution in [-0.4, -0.2) is 0 Å². The molecule has 0 atom stereocenters. The van der Waals surface area contributed by atoms with Gasteiger partial charge in [0.2, 0.25) is 0 Å². The van der Waals surface area contributed by atoms with Crippen LogP contribution in [0.4, 0.5) is 28.4 Å². The van der Waals surface area contributed by atoms with Crippen LogP contribution in [0.15, 0.2) is 176 Å². The van der Waals surface area contributed by atoms with Crippen molar-refractivity contribution >= 4 is 60.8 Å². The van der Waals surface area contributed by atoms with Gasteiger partial charge in [-0.15, -0.1) is 0 Å². The lowest BCUT2D eigenvalue weighted by atomic mass is 9.73. The molecule has 1 aliphatic carbocycles. The number of hydrogen-bond donors (Lipinski definition) is 1. The van der Waals surface area contributed by atoms with Gasteiger partial charge < -0.3 is 10.2 Å². The Morgan fingerprint density at radius 1 is 0.453 bits per heavy atom. The Morgan fingerprint density at radius 2 is 0.981 bits per heavy atom. The van der Waals surface area contributed by atoms with Crippen molar-refractivity contribution in [1.29, 1.82) is 0 Å². The average Bonchev–Trinajstić information content (AvgIpc) is 3.50. The highest BCUT2D eigenvalue weighted by molar-refractivity contribution is 6.28. The van der Waals surface area contributed by atoms with E-state index in [0.717, 1.165) is 35.6 Å². The van der Waals surface area contributed by atoms with Gasteiger partial charge in [-0.05, 0) is 134 Å². The fourth-order valence-electron chi connectivity index (χ4n) is 9.25. The topological polar surface area (TPSA) is 15.3 Å². The quantitative estimate of drug-likeness (QED) is 0.161. The molecular weight excluding hydrogens is 641 g/mol. The van der Waals surface area contributed by atoms with Crippen molar-refractivity contribution in [2.45, 2.75) is 32.1 Å². The van der Waals surface area contributed by atoms with E-state index < -0.39 is 0 Å². The minimum absolute atomic E-state index is 0.0495. The van der Waals surface area contributed by atoms with E-state index in [1.807, 2.05) is 0 Å². The average molecular weight is 681 g/mol. The van der Waals surface area contributed by atoms with Crippen molar-refractivity contribution in [3.05, 3.63) is 187 Å². The first-order valence-electron chi connectivity index (χ1n) is 18.9. The summed E-state index contributed by atoms with van der Waals surface area (Å²) in [6, 6.07) is 64.7. The largest absolute Gasteiger partial charge is 0.356 e. The first kappa shape index (κ1) is 31.4. The zero-order chi connectivity index (χ0) is 35.5. The van der Waals surface area contributed by atoms with Gasteiger partial charge in [0.05, 0.1) is 5.69 Å². The van der Waals surface area contributed by atoms with Gasteiger partial charge in [0, 0.05) is 33.6 Å². The van der Waals surface area contributed by atoms with E-state index in [1.165, 1.54) is 71.4 Å². The first-order valence-corrected chi connectivity index (χ1v) is 18.9. The van der Waals surface area contributed by atoms with Gasteiger partial charge in [0.15, 0.2) is 0 Å². The maximum Gasteiger partial charge on any atom is 0.0540 e. The number of rotatable bonds is 8. The third-order valence-corrected chi connectivity index (χ3v) is 11.9. The zero-order valence-corrected chi connectivity index (χ0v) is 30.1. The molecule has 0 aliphatic heterocycles.